The van der Waals surface area contributed by atoms with E-state index in [0.29, 0.717) is 0 Å². The Bertz CT molecular complexity index is 262. The van der Waals surface area contributed by atoms with Gasteiger partial charge in [0.25, 0.3) is 0 Å². The second-order valence-corrected chi connectivity index (χ2v) is 7.01. The van der Waals surface area contributed by atoms with Crippen LogP contribution in [0, 0.1) is 11.8 Å². The van der Waals surface area contributed by atoms with E-state index >= 15 is 0 Å². The summed E-state index contributed by atoms with van der Waals surface area (Å²) in [5.41, 5.74) is 0. The van der Waals surface area contributed by atoms with E-state index in [0.717, 1.165) is 23.9 Å². The van der Waals surface area contributed by atoms with Gasteiger partial charge in [0, 0.05) is 18.6 Å². The summed E-state index contributed by atoms with van der Waals surface area (Å²) < 4.78 is 0. The van der Waals surface area contributed by atoms with E-state index in [-0.39, 0.29) is 0 Å². The first-order valence-electron chi connectivity index (χ1n) is 8.30. The Balaban J connectivity index is 1.46. The zero-order valence-corrected chi connectivity index (χ0v) is 12.0. The summed E-state index contributed by atoms with van der Waals surface area (Å²) in [6.45, 7) is 6.51. The topological polar surface area (TPSA) is 15.3 Å². The van der Waals surface area contributed by atoms with Crippen molar-refractivity contribution in [1.29, 1.82) is 0 Å². The number of hydrogen-bond acceptors (Lipinski definition) is 2. The fraction of sp³-hybridized carbons (Fsp3) is 1.00. The number of hydrogen-bond donors (Lipinski definition) is 1. The first-order valence-corrected chi connectivity index (χ1v) is 8.30. The Morgan fingerprint density at radius 1 is 1.00 bits per heavy atom. The van der Waals surface area contributed by atoms with Crippen molar-refractivity contribution in [2.24, 2.45) is 11.8 Å². The molecule has 3 fully saturated rings. The Labute approximate surface area is 113 Å². The van der Waals surface area contributed by atoms with Gasteiger partial charge in [0.15, 0.2) is 0 Å². The van der Waals surface area contributed by atoms with E-state index < -0.39 is 0 Å². The average molecular weight is 250 g/mol. The molecule has 0 aromatic carbocycles. The van der Waals surface area contributed by atoms with Crippen molar-refractivity contribution in [3.8, 4) is 0 Å². The quantitative estimate of drug-likeness (QED) is 0.772. The molecule has 3 unspecified atom stereocenters. The van der Waals surface area contributed by atoms with Gasteiger partial charge < -0.3 is 5.32 Å². The zero-order valence-electron chi connectivity index (χ0n) is 12.0. The Kier molecular flexibility index (Phi) is 4.25. The number of likely N-dealkylation sites (tertiary alicyclic amines) is 1. The maximum absolute atomic E-state index is 3.72. The van der Waals surface area contributed by atoms with Crippen LogP contribution in [-0.4, -0.2) is 36.6 Å². The highest BCUT2D eigenvalue weighted by molar-refractivity contribution is 4.88. The summed E-state index contributed by atoms with van der Waals surface area (Å²) in [7, 11) is 0. The molecule has 1 saturated heterocycles. The van der Waals surface area contributed by atoms with Gasteiger partial charge in [-0.25, -0.2) is 0 Å². The molecule has 0 aromatic heterocycles. The summed E-state index contributed by atoms with van der Waals surface area (Å²) in [4.78, 5) is 2.83. The minimum atomic E-state index is 0.885. The molecule has 1 heterocycles. The lowest BCUT2D eigenvalue weighted by molar-refractivity contribution is 0.167. The molecule has 2 saturated carbocycles. The van der Waals surface area contributed by atoms with Crippen LogP contribution in [0.1, 0.15) is 58.3 Å². The highest BCUT2D eigenvalue weighted by Crippen LogP contribution is 2.31. The lowest BCUT2D eigenvalue weighted by Crippen LogP contribution is -2.38. The van der Waals surface area contributed by atoms with Gasteiger partial charge in [-0.1, -0.05) is 26.2 Å². The molecule has 2 aliphatic carbocycles. The Hall–Kier alpha value is -0.0800. The van der Waals surface area contributed by atoms with Crippen LogP contribution < -0.4 is 5.32 Å². The third-order valence-electron chi connectivity index (χ3n) is 5.38. The molecule has 0 spiro atoms. The molecule has 2 nitrogen and oxygen atoms in total. The Morgan fingerprint density at radius 2 is 1.83 bits per heavy atom. The fourth-order valence-corrected chi connectivity index (χ4v) is 3.97. The molecule has 2 heteroatoms. The van der Waals surface area contributed by atoms with E-state index in [1.165, 1.54) is 71.0 Å². The first kappa shape index (κ1) is 12.9. The van der Waals surface area contributed by atoms with Crippen LogP contribution in [0.25, 0.3) is 0 Å². The molecule has 18 heavy (non-hydrogen) atoms. The second kappa shape index (κ2) is 5.92. The summed E-state index contributed by atoms with van der Waals surface area (Å²) in [6.07, 6.45) is 11.6. The van der Waals surface area contributed by atoms with Gasteiger partial charge in [0.2, 0.25) is 0 Å². The van der Waals surface area contributed by atoms with E-state index in [1.54, 1.807) is 0 Å². The van der Waals surface area contributed by atoms with Gasteiger partial charge in [0.1, 0.15) is 0 Å². The van der Waals surface area contributed by atoms with Crippen molar-refractivity contribution in [2.45, 2.75) is 70.4 Å². The van der Waals surface area contributed by atoms with E-state index in [2.05, 4.69) is 17.1 Å². The minimum absolute atomic E-state index is 0.885. The van der Waals surface area contributed by atoms with Gasteiger partial charge >= 0.3 is 0 Å². The molecule has 0 amide bonds. The van der Waals surface area contributed by atoms with Crippen LogP contribution >= 0.6 is 0 Å². The molecular weight excluding hydrogens is 220 g/mol. The number of nitrogens with zero attached hydrogens (tertiary/aromatic N) is 1. The van der Waals surface area contributed by atoms with Crippen LogP contribution in [0.5, 0.6) is 0 Å². The van der Waals surface area contributed by atoms with Crippen LogP contribution in [0.15, 0.2) is 0 Å². The van der Waals surface area contributed by atoms with E-state index in [9.17, 15) is 0 Å². The second-order valence-electron chi connectivity index (χ2n) is 7.01. The number of nitrogens with one attached hydrogen (secondary N) is 1. The predicted molar refractivity (Wildman–Crippen MR) is 76.7 cm³/mol. The highest BCUT2D eigenvalue weighted by atomic mass is 15.2. The molecule has 3 atom stereocenters. The van der Waals surface area contributed by atoms with Crippen LogP contribution in [-0.2, 0) is 0 Å². The summed E-state index contributed by atoms with van der Waals surface area (Å²) in [5, 5.41) is 3.72. The fourth-order valence-electron chi connectivity index (χ4n) is 3.97. The van der Waals surface area contributed by atoms with Crippen molar-refractivity contribution in [3.05, 3.63) is 0 Å². The zero-order chi connectivity index (χ0) is 12.4. The van der Waals surface area contributed by atoms with Crippen LogP contribution in [0.2, 0.25) is 0 Å². The third kappa shape index (κ3) is 3.27. The monoisotopic (exact) mass is 250 g/mol. The van der Waals surface area contributed by atoms with Crippen molar-refractivity contribution in [2.75, 3.05) is 19.6 Å². The Morgan fingerprint density at radius 3 is 2.67 bits per heavy atom. The van der Waals surface area contributed by atoms with Crippen molar-refractivity contribution in [1.82, 2.24) is 10.2 Å². The third-order valence-corrected chi connectivity index (χ3v) is 5.38. The molecule has 3 rings (SSSR count). The molecule has 1 N–H and O–H groups in total. The minimum Gasteiger partial charge on any atom is -0.314 e. The lowest BCUT2D eigenvalue weighted by Gasteiger charge is -2.31. The van der Waals surface area contributed by atoms with Crippen molar-refractivity contribution in [3.63, 3.8) is 0 Å². The van der Waals surface area contributed by atoms with Crippen molar-refractivity contribution < 1.29 is 0 Å². The molecule has 1 aliphatic heterocycles. The van der Waals surface area contributed by atoms with Gasteiger partial charge in [-0.15, -0.1) is 0 Å². The van der Waals surface area contributed by atoms with Gasteiger partial charge in [-0.3, -0.25) is 4.90 Å². The molecule has 104 valence electrons. The average Bonchev–Trinajstić information content (AvgIpc) is 3.13. The van der Waals surface area contributed by atoms with Crippen molar-refractivity contribution >= 4 is 0 Å². The summed E-state index contributed by atoms with van der Waals surface area (Å²) in [5.74, 6) is 1.86. The van der Waals surface area contributed by atoms with Crippen LogP contribution in [0.3, 0.4) is 0 Å². The normalized spacial score (nSPS) is 38.8. The maximum Gasteiger partial charge on any atom is 0.0121 e. The van der Waals surface area contributed by atoms with Gasteiger partial charge in [-0.05, 0) is 57.0 Å². The van der Waals surface area contributed by atoms with Crippen LogP contribution in [0.4, 0.5) is 0 Å². The van der Waals surface area contributed by atoms with E-state index in [4.69, 9.17) is 0 Å². The summed E-state index contributed by atoms with van der Waals surface area (Å²) in [6, 6.07) is 1.79. The predicted octanol–water partition coefficient (Wildman–Crippen LogP) is 3.03. The molecule has 0 aromatic rings. The smallest absolute Gasteiger partial charge is 0.0121 e. The molecule has 0 radical (unpaired) electrons. The summed E-state index contributed by atoms with van der Waals surface area (Å²) >= 11 is 0. The largest absolute Gasteiger partial charge is 0.314 e. The first-order chi connectivity index (χ1) is 8.83. The highest BCUT2D eigenvalue weighted by Gasteiger charge is 2.32. The molecular formula is C16H30N2. The van der Waals surface area contributed by atoms with E-state index in [1.807, 2.05) is 0 Å². The maximum atomic E-state index is 3.72. The standard InChI is InChI=1S/C16H30N2/c1-13-5-3-2-4-6-16(13)18-10-9-14(12-18)11-17-15-7-8-15/h13-17H,2-12H2,1H3. The molecule has 3 aliphatic rings. The lowest BCUT2D eigenvalue weighted by atomic mass is 9.95. The SMILES string of the molecule is CC1CCCCCC1N1CCC(CNC2CC2)C1. The number of rotatable bonds is 4. The van der Waals surface area contributed by atoms with Gasteiger partial charge in [0.05, 0.1) is 0 Å². The van der Waals surface area contributed by atoms with Gasteiger partial charge in [-0.2, -0.15) is 0 Å². The molecule has 0 bridgehead atoms.